The minimum Gasteiger partial charge on any atom is -0.383 e. The Kier molecular flexibility index (Phi) is 2.93. The van der Waals surface area contributed by atoms with Crippen LogP contribution in [-0.4, -0.2) is 10.2 Å². The van der Waals surface area contributed by atoms with Gasteiger partial charge in [-0.3, -0.25) is 5.10 Å². The summed E-state index contributed by atoms with van der Waals surface area (Å²) >= 11 is 6.16. The highest BCUT2D eigenvalue weighted by Crippen LogP contribution is 2.34. The Morgan fingerprint density at radius 2 is 1.94 bits per heavy atom. The first kappa shape index (κ1) is 12.0. The van der Waals surface area contributed by atoms with Crippen molar-refractivity contribution in [2.24, 2.45) is 0 Å². The molecule has 1 heterocycles. The van der Waals surface area contributed by atoms with Gasteiger partial charge in [-0.15, -0.1) is 0 Å². The molecule has 0 aliphatic rings. The lowest BCUT2D eigenvalue weighted by Crippen LogP contribution is -1.91. The summed E-state index contributed by atoms with van der Waals surface area (Å²) in [6.07, 6.45) is 0. The molecule has 6 heteroatoms. The second-order valence-electron chi connectivity index (χ2n) is 3.70. The molecule has 2 rings (SSSR count). The number of anilines is 1. The summed E-state index contributed by atoms with van der Waals surface area (Å²) in [5.74, 6) is 0.183. The van der Waals surface area contributed by atoms with E-state index >= 15 is 0 Å². The zero-order valence-electron chi connectivity index (χ0n) is 9.45. The van der Waals surface area contributed by atoms with Gasteiger partial charge in [0, 0.05) is 5.56 Å². The smallest absolute Gasteiger partial charge is 0.137 e. The molecular formula is C12H8ClN5. The van der Waals surface area contributed by atoms with E-state index in [2.05, 4.69) is 10.2 Å². The number of aromatic nitrogens is 2. The molecule has 0 aliphatic heterocycles. The van der Waals surface area contributed by atoms with E-state index in [0.717, 1.165) is 5.56 Å². The average Bonchev–Trinajstić information content (AvgIpc) is 2.71. The number of halogens is 1. The van der Waals surface area contributed by atoms with Crippen LogP contribution in [-0.2, 0) is 0 Å². The molecule has 0 atom stereocenters. The number of H-pyrrole nitrogens is 1. The van der Waals surface area contributed by atoms with E-state index in [9.17, 15) is 0 Å². The predicted octanol–water partition coefficient (Wildman–Crippen LogP) is 2.36. The fraction of sp³-hybridized carbons (Fsp3) is 0.0833. The fourth-order valence-corrected chi connectivity index (χ4v) is 2.00. The Labute approximate surface area is 108 Å². The predicted molar refractivity (Wildman–Crippen MR) is 67.6 cm³/mol. The van der Waals surface area contributed by atoms with Gasteiger partial charge in [-0.25, -0.2) is 0 Å². The largest absolute Gasteiger partial charge is 0.383 e. The standard InChI is InChI=1S/C12H8ClN5/c1-6-2-3-7(10(13)8(6)4-14)11-9(5-15)12(16)18-17-11/h2-3H,1H3,(H3,16,17,18). The minimum absolute atomic E-state index is 0.183. The van der Waals surface area contributed by atoms with Gasteiger partial charge in [-0.1, -0.05) is 23.7 Å². The first-order valence-corrected chi connectivity index (χ1v) is 5.41. The molecule has 18 heavy (non-hydrogen) atoms. The van der Waals surface area contributed by atoms with Crippen LogP contribution >= 0.6 is 11.6 Å². The quantitative estimate of drug-likeness (QED) is 0.818. The van der Waals surface area contributed by atoms with Crippen LogP contribution in [0, 0.1) is 29.6 Å². The molecule has 0 saturated carbocycles. The third kappa shape index (κ3) is 1.67. The number of hydrogen-bond donors (Lipinski definition) is 2. The molecule has 0 unspecified atom stereocenters. The summed E-state index contributed by atoms with van der Waals surface area (Å²) in [6.45, 7) is 1.79. The maximum absolute atomic E-state index is 9.05. The molecule has 0 saturated heterocycles. The third-order valence-electron chi connectivity index (χ3n) is 2.62. The van der Waals surface area contributed by atoms with Crippen molar-refractivity contribution in [3.05, 3.63) is 33.8 Å². The van der Waals surface area contributed by atoms with Gasteiger partial charge in [-0.05, 0) is 12.5 Å². The second kappa shape index (κ2) is 4.40. The molecule has 0 aliphatic carbocycles. The average molecular weight is 258 g/mol. The van der Waals surface area contributed by atoms with E-state index in [-0.39, 0.29) is 16.4 Å². The Morgan fingerprint density at radius 3 is 2.56 bits per heavy atom. The van der Waals surface area contributed by atoms with Gasteiger partial charge >= 0.3 is 0 Å². The van der Waals surface area contributed by atoms with E-state index in [1.165, 1.54) is 0 Å². The van der Waals surface area contributed by atoms with Crippen LogP contribution < -0.4 is 5.73 Å². The van der Waals surface area contributed by atoms with Gasteiger partial charge in [0.15, 0.2) is 0 Å². The van der Waals surface area contributed by atoms with Crippen LogP contribution in [0.5, 0.6) is 0 Å². The zero-order chi connectivity index (χ0) is 13.3. The zero-order valence-corrected chi connectivity index (χ0v) is 10.2. The Bertz CT molecular complexity index is 702. The van der Waals surface area contributed by atoms with Gasteiger partial charge < -0.3 is 5.73 Å². The minimum atomic E-state index is 0.183. The number of rotatable bonds is 1. The molecule has 88 valence electrons. The van der Waals surface area contributed by atoms with Crippen molar-refractivity contribution in [2.75, 3.05) is 5.73 Å². The van der Waals surface area contributed by atoms with Crippen molar-refractivity contribution >= 4 is 17.4 Å². The molecule has 0 amide bonds. The van der Waals surface area contributed by atoms with E-state index in [0.29, 0.717) is 16.8 Å². The summed E-state index contributed by atoms with van der Waals surface area (Å²) in [4.78, 5) is 0. The summed E-state index contributed by atoms with van der Waals surface area (Å²) in [7, 11) is 0. The first-order valence-electron chi connectivity index (χ1n) is 5.03. The molecule has 3 N–H and O–H groups in total. The van der Waals surface area contributed by atoms with Crippen molar-refractivity contribution in [2.45, 2.75) is 6.92 Å². The molecule has 1 aromatic heterocycles. The summed E-state index contributed by atoms with van der Waals surface area (Å²) in [6, 6.07) is 7.47. The monoisotopic (exact) mass is 257 g/mol. The maximum atomic E-state index is 9.05. The summed E-state index contributed by atoms with van der Waals surface area (Å²) < 4.78 is 0. The first-order chi connectivity index (χ1) is 8.60. The molecule has 5 nitrogen and oxygen atoms in total. The number of nitriles is 2. The van der Waals surface area contributed by atoms with Gasteiger partial charge in [-0.2, -0.15) is 15.6 Å². The van der Waals surface area contributed by atoms with Crippen molar-refractivity contribution in [3.63, 3.8) is 0 Å². The van der Waals surface area contributed by atoms with Crippen molar-refractivity contribution < 1.29 is 0 Å². The Balaban J connectivity index is 2.74. The number of aryl methyl sites for hydroxylation is 1. The maximum Gasteiger partial charge on any atom is 0.137 e. The topological polar surface area (TPSA) is 102 Å². The Morgan fingerprint density at radius 1 is 1.28 bits per heavy atom. The molecule has 0 bridgehead atoms. The van der Waals surface area contributed by atoms with E-state index in [4.69, 9.17) is 27.9 Å². The molecule has 0 spiro atoms. The number of nitrogens with zero attached hydrogens (tertiary/aromatic N) is 3. The summed E-state index contributed by atoms with van der Waals surface area (Å²) in [5, 5.41) is 24.8. The van der Waals surface area contributed by atoms with Crippen LogP contribution in [0.3, 0.4) is 0 Å². The van der Waals surface area contributed by atoms with E-state index < -0.39 is 0 Å². The molecule has 1 aromatic carbocycles. The number of benzene rings is 1. The highest BCUT2D eigenvalue weighted by atomic mass is 35.5. The molecule has 0 radical (unpaired) electrons. The number of aromatic amines is 1. The third-order valence-corrected chi connectivity index (χ3v) is 3.02. The molecular weight excluding hydrogens is 250 g/mol. The number of hydrogen-bond acceptors (Lipinski definition) is 4. The Hall–Kier alpha value is -2.50. The molecule has 2 aromatic rings. The number of nitrogens with one attached hydrogen (secondary N) is 1. The van der Waals surface area contributed by atoms with Crippen LogP contribution in [0.1, 0.15) is 16.7 Å². The SMILES string of the molecule is Cc1ccc(-c2n[nH]c(N)c2C#N)c(Cl)c1C#N. The lowest BCUT2D eigenvalue weighted by molar-refractivity contribution is 1.10. The number of nitrogens with two attached hydrogens (primary N) is 1. The van der Waals surface area contributed by atoms with Crippen molar-refractivity contribution in [1.82, 2.24) is 10.2 Å². The van der Waals surface area contributed by atoms with Crippen LogP contribution in [0.15, 0.2) is 12.1 Å². The van der Waals surface area contributed by atoms with Crippen molar-refractivity contribution in [1.29, 1.82) is 10.5 Å². The van der Waals surface area contributed by atoms with Crippen LogP contribution in [0.25, 0.3) is 11.3 Å². The summed E-state index contributed by atoms with van der Waals surface area (Å²) in [5.41, 5.74) is 7.84. The molecule has 0 fully saturated rings. The van der Waals surface area contributed by atoms with E-state index in [1.54, 1.807) is 19.1 Å². The van der Waals surface area contributed by atoms with Crippen LogP contribution in [0.2, 0.25) is 5.02 Å². The normalized spacial score (nSPS) is 9.78. The highest BCUT2D eigenvalue weighted by Gasteiger charge is 2.18. The van der Waals surface area contributed by atoms with Gasteiger partial charge in [0.05, 0.1) is 10.6 Å². The van der Waals surface area contributed by atoms with Gasteiger partial charge in [0.2, 0.25) is 0 Å². The lowest BCUT2D eigenvalue weighted by atomic mass is 10.0. The fourth-order valence-electron chi connectivity index (χ4n) is 1.66. The second-order valence-corrected chi connectivity index (χ2v) is 4.08. The van der Waals surface area contributed by atoms with Crippen LogP contribution in [0.4, 0.5) is 5.82 Å². The van der Waals surface area contributed by atoms with Gasteiger partial charge in [0.25, 0.3) is 0 Å². The number of nitrogen functional groups attached to an aromatic ring is 1. The highest BCUT2D eigenvalue weighted by molar-refractivity contribution is 6.34. The lowest BCUT2D eigenvalue weighted by Gasteiger charge is -2.05. The van der Waals surface area contributed by atoms with Crippen molar-refractivity contribution in [3.8, 4) is 23.4 Å². The van der Waals surface area contributed by atoms with Gasteiger partial charge in [0.1, 0.15) is 29.2 Å². The van der Waals surface area contributed by atoms with E-state index in [1.807, 2.05) is 12.1 Å².